The lowest BCUT2D eigenvalue weighted by molar-refractivity contribution is -0.140. The van der Waals surface area contributed by atoms with E-state index in [1.807, 2.05) is 0 Å². The second-order valence-electron chi connectivity index (χ2n) is 6.17. The van der Waals surface area contributed by atoms with Gasteiger partial charge in [0.2, 0.25) is 0 Å². The molecule has 9 heteroatoms. The number of halogens is 3. The Morgan fingerprint density at radius 2 is 2.00 bits per heavy atom. The molecule has 4 rings (SSSR count). The summed E-state index contributed by atoms with van der Waals surface area (Å²) in [6.45, 7) is -2.82. The maximum Gasteiger partial charge on any atom is 0.434 e. The number of carbonyl (C=O) groups is 1. The van der Waals surface area contributed by atoms with E-state index in [1.165, 1.54) is 12.1 Å². The minimum atomic E-state index is -4.77. The number of carbonyl (C=O) groups excluding carboxylic acids is 1. The van der Waals surface area contributed by atoms with Crippen LogP contribution in [0, 0.1) is 0 Å². The molecule has 0 fully saturated rings. The quantitative estimate of drug-likeness (QED) is 0.686. The van der Waals surface area contributed by atoms with Crippen LogP contribution >= 0.6 is 0 Å². The Morgan fingerprint density at radius 3 is 2.71 bits per heavy atom. The summed E-state index contributed by atoms with van der Waals surface area (Å²) in [4.78, 5) is 27.3. The summed E-state index contributed by atoms with van der Waals surface area (Å²) >= 11 is 0. The third-order valence-corrected chi connectivity index (χ3v) is 4.14. The average Bonchev–Trinajstić information content (AvgIpc) is 3.15. The van der Waals surface area contributed by atoms with Crippen LogP contribution in [-0.4, -0.2) is 25.4 Å². The van der Waals surface area contributed by atoms with Gasteiger partial charge >= 0.3 is 6.18 Å². The van der Waals surface area contributed by atoms with E-state index in [4.69, 9.17) is 4.11 Å². The molecule has 3 heterocycles. The maximum atomic E-state index is 13.0. The third-order valence-electron chi connectivity index (χ3n) is 4.14. The molecule has 0 radical (unpaired) electrons. The van der Waals surface area contributed by atoms with Crippen LogP contribution < -0.4 is 10.7 Å². The first kappa shape index (κ1) is 14.7. The summed E-state index contributed by atoms with van der Waals surface area (Å²) in [6.07, 6.45) is -0.505. The van der Waals surface area contributed by atoms with Gasteiger partial charge in [0.15, 0.2) is 11.2 Å². The minimum Gasteiger partial charge on any atom is -0.333 e. The number of nitrogens with zero attached hydrogens (tertiary/aromatic N) is 5. The predicted octanol–water partition coefficient (Wildman–Crippen LogP) is 1.82. The summed E-state index contributed by atoms with van der Waals surface area (Å²) in [6, 6.07) is 6.22. The highest BCUT2D eigenvalue weighted by Gasteiger charge is 2.34. The molecule has 0 saturated heterocycles. The Hall–Kier alpha value is -3.36. The normalized spacial score (nSPS) is 15.7. The minimum absolute atomic E-state index is 0.208. The Balaban J connectivity index is 1.64. The highest BCUT2D eigenvalue weighted by Crippen LogP contribution is 2.30. The van der Waals surface area contributed by atoms with Crippen LogP contribution in [0.5, 0.6) is 0 Å². The first-order chi connectivity index (χ1) is 14.5. The van der Waals surface area contributed by atoms with E-state index < -0.39 is 18.8 Å². The molecule has 0 aliphatic carbocycles. The van der Waals surface area contributed by atoms with Gasteiger partial charge in [-0.3, -0.25) is 4.79 Å². The zero-order valence-electron chi connectivity index (χ0n) is 17.2. The fraction of sp³-hybridized carbons (Fsp3) is 0.211. The molecule has 0 spiro atoms. The second kappa shape index (κ2) is 6.66. The summed E-state index contributed by atoms with van der Waals surface area (Å²) in [5.41, 5.74) is -0.0210. The number of fused-ring (bicyclic) bond motifs is 1. The van der Waals surface area contributed by atoms with E-state index in [9.17, 15) is 18.0 Å². The fourth-order valence-electron chi connectivity index (χ4n) is 2.77. The van der Waals surface area contributed by atoms with E-state index in [1.54, 1.807) is 24.4 Å². The van der Waals surface area contributed by atoms with Crippen molar-refractivity contribution in [2.24, 2.45) is 12.0 Å². The first-order valence-electron chi connectivity index (χ1n) is 9.71. The number of aromatic nitrogens is 4. The average molecular weight is 388 g/mol. The monoisotopic (exact) mass is 388 g/mol. The molecule has 28 heavy (non-hydrogen) atoms. The zero-order valence-corrected chi connectivity index (χ0v) is 14.2. The van der Waals surface area contributed by atoms with Gasteiger partial charge in [-0.1, -0.05) is 30.3 Å². The van der Waals surface area contributed by atoms with Crippen LogP contribution in [0.25, 0.3) is 17.5 Å². The molecule has 0 bridgehead atoms. The van der Waals surface area contributed by atoms with Crippen molar-refractivity contribution in [3.8, 4) is 11.4 Å². The number of imidazole rings is 1. The van der Waals surface area contributed by atoms with Crippen LogP contribution in [0.3, 0.4) is 0 Å². The second-order valence-corrected chi connectivity index (χ2v) is 6.17. The summed E-state index contributed by atoms with van der Waals surface area (Å²) < 4.78 is 62.1. The van der Waals surface area contributed by atoms with Crippen LogP contribution in [0.1, 0.15) is 27.6 Å². The van der Waals surface area contributed by atoms with Crippen molar-refractivity contribution in [3.05, 3.63) is 64.4 Å². The van der Waals surface area contributed by atoms with Gasteiger partial charge in [-0.2, -0.15) is 18.2 Å². The van der Waals surface area contributed by atoms with E-state index in [-0.39, 0.29) is 23.7 Å². The van der Waals surface area contributed by atoms with Crippen molar-refractivity contribution < 1.29 is 22.1 Å². The Morgan fingerprint density at radius 1 is 1.21 bits per heavy atom. The molecule has 142 valence electrons. The third kappa shape index (κ3) is 3.55. The topological polar surface area (TPSA) is 73.0 Å². The van der Waals surface area contributed by atoms with E-state index in [0.29, 0.717) is 33.7 Å². The number of rotatable bonds is 3. The van der Waals surface area contributed by atoms with Gasteiger partial charge < -0.3 is 4.57 Å². The van der Waals surface area contributed by atoms with Crippen molar-refractivity contribution in [3.63, 3.8) is 0 Å². The number of hydrogen-bond donors (Lipinski definition) is 0. The molecule has 0 atom stereocenters. The number of aryl methyl sites for hydroxylation is 1. The number of alkyl halides is 3. The molecular weight excluding hydrogens is 371 g/mol. The SMILES string of the molecule is [2H]C([2H])([2H])n1cc(C(F)(F)F)nc1-c1ccc(Cc2ncc3c(n2)=NC(=O)CC=3)cc1. The molecule has 3 aromatic rings. The number of benzene rings is 1. The van der Waals surface area contributed by atoms with Crippen LogP contribution in [-0.2, 0) is 24.4 Å². The molecule has 0 unspecified atom stereocenters. The summed E-state index contributed by atoms with van der Waals surface area (Å²) in [5.74, 6) is -0.178. The molecule has 1 aliphatic rings. The van der Waals surface area contributed by atoms with Gasteiger partial charge in [0.05, 0.1) is 0 Å². The van der Waals surface area contributed by atoms with Gasteiger partial charge in [0.25, 0.3) is 5.91 Å². The Labute approximate surface area is 161 Å². The lowest BCUT2D eigenvalue weighted by atomic mass is 10.1. The summed E-state index contributed by atoms with van der Waals surface area (Å²) in [7, 11) is 0. The largest absolute Gasteiger partial charge is 0.434 e. The number of hydrogen-bond acceptors (Lipinski definition) is 4. The molecular formula is C19H14F3N5O. The lowest BCUT2D eigenvalue weighted by Crippen LogP contribution is -2.34. The van der Waals surface area contributed by atoms with Crippen molar-refractivity contribution in [2.75, 3.05) is 0 Å². The molecule has 1 aliphatic heterocycles. The van der Waals surface area contributed by atoms with Crippen LogP contribution in [0.2, 0.25) is 0 Å². The molecule has 2 aromatic heterocycles. The highest BCUT2D eigenvalue weighted by molar-refractivity contribution is 5.82. The van der Waals surface area contributed by atoms with E-state index in [2.05, 4.69) is 19.9 Å². The van der Waals surface area contributed by atoms with Gasteiger partial charge in [-0.15, -0.1) is 0 Å². The van der Waals surface area contributed by atoms with Crippen molar-refractivity contribution >= 4 is 12.0 Å². The molecule has 1 aromatic carbocycles. The Kier molecular flexibility index (Phi) is 3.49. The first-order valence-corrected chi connectivity index (χ1v) is 8.21. The van der Waals surface area contributed by atoms with Gasteiger partial charge in [0, 0.05) is 47.1 Å². The van der Waals surface area contributed by atoms with Crippen molar-refractivity contribution in [1.29, 1.82) is 0 Å². The molecule has 6 nitrogen and oxygen atoms in total. The van der Waals surface area contributed by atoms with Crippen molar-refractivity contribution in [2.45, 2.75) is 19.0 Å². The van der Waals surface area contributed by atoms with Crippen molar-refractivity contribution in [1.82, 2.24) is 19.5 Å². The molecule has 0 saturated carbocycles. The van der Waals surface area contributed by atoms with E-state index in [0.717, 1.165) is 5.56 Å². The van der Waals surface area contributed by atoms with Crippen LogP contribution in [0.15, 0.2) is 41.7 Å². The smallest absolute Gasteiger partial charge is 0.333 e. The highest BCUT2D eigenvalue weighted by atomic mass is 19.4. The fourth-order valence-corrected chi connectivity index (χ4v) is 2.77. The Bertz CT molecular complexity index is 1280. The maximum absolute atomic E-state index is 13.0. The van der Waals surface area contributed by atoms with Crippen LogP contribution in [0.4, 0.5) is 13.2 Å². The van der Waals surface area contributed by atoms with E-state index >= 15 is 0 Å². The molecule has 0 N–H and O–H groups in total. The van der Waals surface area contributed by atoms with Gasteiger partial charge in [0.1, 0.15) is 11.6 Å². The predicted molar refractivity (Wildman–Crippen MR) is 93.4 cm³/mol. The molecule has 1 amide bonds. The number of amides is 1. The zero-order chi connectivity index (χ0) is 22.4. The standard InChI is InChI=1S/C19H14F3N5O/c1-27-10-14(19(20,21)22)24-18(27)12-4-2-11(3-5-12)8-15-23-9-13-6-7-16(28)26-17(13)25-15/h2-6,9-10H,7-8H2,1H3/i1D3. The van der Waals surface area contributed by atoms with Gasteiger partial charge in [-0.05, 0) is 5.56 Å². The lowest BCUT2D eigenvalue weighted by Gasteiger charge is -2.05. The summed E-state index contributed by atoms with van der Waals surface area (Å²) in [5, 5.41) is 0.677. The van der Waals surface area contributed by atoms with Gasteiger partial charge in [-0.25, -0.2) is 15.0 Å².